The number of nitrogens with zero attached hydrogens (tertiary/aromatic N) is 2. The number of rotatable bonds is 6. The van der Waals surface area contributed by atoms with Gasteiger partial charge in [0.05, 0.1) is 6.61 Å². The Hall–Kier alpha value is -0.160. The van der Waals surface area contributed by atoms with Gasteiger partial charge in [0.25, 0.3) is 0 Å². The van der Waals surface area contributed by atoms with Crippen LogP contribution in [-0.4, -0.2) is 67.8 Å². The summed E-state index contributed by atoms with van der Waals surface area (Å²) >= 11 is 0. The fraction of sp³-hybridized carbons (Fsp3) is 1.00. The topological polar surface area (TPSA) is 52.7 Å². The first kappa shape index (κ1) is 13.9. The van der Waals surface area contributed by atoms with E-state index in [9.17, 15) is 0 Å². The van der Waals surface area contributed by atoms with Gasteiger partial charge in [0, 0.05) is 12.6 Å². The molecule has 1 fully saturated rings. The van der Waals surface area contributed by atoms with Gasteiger partial charge in [-0.15, -0.1) is 0 Å². The third-order valence-corrected chi connectivity index (χ3v) is 3.54. The molecule has 0 amide bonds. The average molecular weight is 229 g/mol. The molecule has 3 N–H and O–H groups in total. The molecule has 0 radical (unpaired) electrons. The van der Waals surface area contributed by atoms with E-state index in [-0.39, 0.29) is 12.6 Å². The first-order valence-corrected chi connectivity index (χ1v) is 6.35. The van der Waals surface area contributed by atoms with Crippen LogP contribution in [0.25, 0.3) is 0 Å². The Morgan fingerprint density at radius 3 is 2.62 bits per heavy atom. The second kappa shape index (κ2) is 7.22. The van der Waals surface area contributed by atoms with Gasteiger partial charge < -0.3 is 20.6 Å². The SMILES string of the molecule is CN1CCC(CCN(C)CC(N)CO)CC1. The van der Waals surface area contributed by atoms with Crippen molar-refractivity contribution in [3.63, 3.8) is 0 Å². The third kappa shape index (κ3) is 5.25. The number of hydrogen-bond donors (Lipinski definition) is 2. The standard InChI is InChI=1S/C12H27N3O/c1-14-6-3-11(4-7-14)5-8-15(2)9-12(13)10-16/h11-12,16H,3-10,13H2,1-2H3. The molecule has 0 spiro atoms. The molecule has 1 aliphatic rings. The molecule has 0 aromatic heterocycles. The van der Waals surface area contributed by atoms with Crippen molar-refractivity contribution in [3.05, 3.63) is 0 Å². The second-order valence-corrected chi connectivity index (χ2v) is 5.24. The zero-order valence-corrected chi connectivity index (χ0v) is 10.7. The maximum Gasteiger partial charge on any atom is 0.0595 e. The lowest BCUT2D eigenvalue weighted by Crippen LogP contribution is -2.39. The van der Waals surface area contributed by atoms with E-state index >= 15 is 0 Å². The zero-order chi connectivity index (χ0) is 12.0. The molecule has 1 heterocycles. The Morgan fingerprint density at radius 1 is 1.44 bits per heavy atom. The lowest BCUT2D eigenvalue weighted by Gasteiger charge is -2.30. The maximum atomic E-state index is 8.87. The summed E-state index contributed by atoms with van der Waals surface area (Å²) < 4.78 is 0. The van der Waals surface area contributed by atoms with Gasteiger partial charge in [-0.2, -0.15) is 0 Å². The lowest BCUT2D eigenvalue weighted by atomic mass is 9.94. The highest BCUT2D eigenvalue weighted by Gasteiger charge is 2.17. The number of hydrogen-bond acceptors (Lipinski definition) is 4. The van der Waals surface area contributed by atoms with Crippen molar-refractivity contribution in [1.82, 2.24) is 9.80 Å². The van der Waals surface area contributed by atoms with Gasteiger partial charge in [0.2, 0.25) is 0 Å². The molecule has 1 aliphatic heterocycles. The van der Waals surface area contributed by atoms with Crippen LogP contribution in [0.15, 0.2) is 0 Å². The van der Waals surface area contributed by atoms with E-state index < -0.39 is 0 Å². The van der Waals surface area contributed by atoms with Crippen molar-refractivity contribution in [2.24, 2.45) is 11.7 Å². The molecular formula is C12H27N3O. The summed E-state index contributed by atoms with van der Waals surface area (Å²) in [6, 6.07) is -0.0949. The molecule has 1 unspecified atom stereocenters. The van der Waals surface area contributed by atoms with E-state index in [4.69, 9.17) is 10.8 Å². The zero-order valence-electron chi connectivity index (χ0n) is 10.7. The third-order valence-electron chi connectivity index (χ3n) is 3.54. The molecule has 1 saturated heterocycles. The fourth-order valence-corrected chi connectivity index (χ4v) is 2.30. The molecular weight excluding hydrogens is 202 g/mol. The van der Waals surface area contributed by atoms with E-state index in [0.29, 0.717) is 0 Å². The lowest BCUT2D eigenvalue weighted by molar-refractivity contribution is 0.183. The van der Waals surface area contributed by atoms with Crippen molar-refractivity contribution in [2.75, 3.05) is 46.9 Å². The minimum absolute atomic E-state index is 0.0819. The van der Waals surface area contributed by atoms with Crippen LogP contribution in [0.1, 0.15) is 19.3 Å². The molecule has 16 heavy (non-hydrogen) atoms. The highest BCUT2D eigenvalue weighted by atomic mass is 16.3. The number of likely N-dealkylation sites (N-methyl/N-ethyl adjacent to an activating group) is 1. The van der Waals surface area contributed by atoms with E-state index in [2.05, 4.69) is 23.9 Å². The number of likely N-dealkylation sites (tertiary alicyclic amines) is 1. The van der Waals surface area contributed by atoms with Crippen LogP contribution in [0.3, 0.4) is 0 Å². The predicted octanol–water partition coefficient (Wildman–Crippen LogP) is -0.0303. The number of aliphatic hydroxyl groups excluding tert-OH is 1. The molecule has 0 aromatic rings. The summed E-state index contributed by atoms with van der Waals surface area (Å²) in [6.45, 7) is 4.46. The van der Waals surface area contributed by atoms with Gasteiger partial charge in [0.1, 0.15) is 0 Å². The van der Waals surface area contributed by atoms with Crippen molar-refractivity contribution in [3.8, 4) is 0 Å². The minimum atomic E-state index is -0.0949. The highest BCUT2D eigenvalue weighted by molar-refractivity contribution is 4.72. The van der Waals surface area contributed by atoms with Gasteiger partial charge in [0.15, 0.2) is 0 Å². The van der Waals surface area contributed by atoms with Gasteiger partial charge in [-0.3, -0.25) is 0 Å². The smallest absolute Gasteiger partial charge is 0.0595 e. The van der Waals surface area contributed by atoms with Crippen LogP contribution in [0.5, 0.6) is 0 Å². The van der Waals surface area contributed by atoms with Crippen LogP contribution < -0.4 is 5.73 Å². The van der Waals surface area contributed by atoms with Crippen LogP contribution in [-0.2, 0) is 0 Å². The van der Waals surface area contributed by atoms with E-state index in [1.54, 1.807) is 0 Å². The Balaban J connectivity index is 2.09. The largest absolute Gasteiger partial charge is 0.395 e. The summed E-state index contributed by atoms with van der Waals surface area (Å²) in [5.74, 6) is 0.879. The number of aliphatic hydroxyl groups is 1. The first-order chi connectivity index (χ1) is 7.61. The minimum Gasteiger partial charge on any atom is -0.395 e. The van der Waals surface area contributed by atoms with Crippen LogP contribution in [0, 0.1) is 5.92 Å². The van der Waals surface area contributed by atoms with Crippen molar-refractivity contribution in [1.29, 1.82) is 0 Å². The van der Waals surface area contributed by atoms with Gasteiger partial charge in [-0.25, -0.2) is 0 Å². The molecule has 0 aliphatic carbocycles. The Labute approximate surface area is 99.4 Å². The predicted molar refractivity (Wildman–Crippen MR) is 67.4 cm³/mol. The second-order valence-electron chi connectivity index (χ2n) is 5.24. The van der Waals surface area contributed by atoms with Crippen LogP contribution in [0.2, 0.25) is 0 Å². The summed E-state index contributed by atoms with van der Waals surface area (Å²) in [5, 5.41) is 8.87. The molecule has 1 rings (SSSR count). The monoisotopic (exact) mass is 229 g/mol. The Bertz CT molecular complexity index is 181. The Kier molecular flexibility index (Phi) is 6.28. The number of piperidine rings is 1. The highest BCUT2D eigenvalue weighted by Crippen LogP contribution is 2.19. The van der Waals surface area contributed by atoms with E-state index in [1.807, 2.05) is 0 Å². The Morgan fingerprint density at radius 2 is 2.06 bits per heavy atom. The van der Waals surface area contributed by atoms with E-state index in [0.717, 1.165) is 19.0 Å². The normalized spacial score (nSPS) is 21.6. The van der Waals surface area contributed by atoms with Crippen LogP contribution >= 0.6 is 0 Å². The first-order valence-electron chi connectivity index (χ1n) is 6.35. The van der Waals surface area contributed by atoms with E-state index in [1.165, 1.54) is 32.4 Å². The van der Waals surface area contributed by atoms with Crippen molar-refractivity contribution >= 4 is 0 Å². The van der Waals surface area contributed by atoms with Crippen LogP contribution in [0.4, 0.5) is 0 Å². The van der Waals surface area contributed by atoms with Gasteiger partial charge >= 0.3 is 0 Å². The average Bonchev–Trinajstić information content (AvgIpc) is 2.28. The maximum absolute atomic E-state index is 8.87. The molecule has 1 atom stereocenters. The fourth-order valence-electron chi connectivity index (χ4n) is 2.30. The molecule has 96 valence electrons. The van der Waals surface area contributed by atoms with Gasteiger partial charge in [-0.1, -0.05) is 0 Å². The summed E-state index contributed by atoms with van der Waals surface area (Å²) in [6.07, 6.45) is 3.93. The molecule has 0 aromatic carbocycles. The summed E-state index contributed by atoms with van der Waals surface area (Å²) in [7, 11) is 4.28. The summed E-state index contributed by atoms with van der Waals surface area (Å²) in [5.41, 5.74) is 5.70. The van der Waals surface area contributed by atoms with Crippen molar-refractivity contribution < 1.29 is 5.11 Å². The van der Waals surface area contributed by atoms with Crippen molar-refractivity contribution in [2.45, 2.75) is 25.3 Å². The molecule has 4 nitrogen and oxygen atoms in total. The quantitative estimate of drug-likeness (QED) is 0.671. The molecule has 0 bridgehead atoms. The summed E-state index contributed by atoms with van der Waals surface area (Å²) in [4.78, 5) is 4.64. The number of nitrogens with two attached hydrogens (primary N) is 1. The molecule has 0 saturated carbocycles. The molecule has 4 heteroatoms. The van der Waals surface area contributed by atoms with Gasteiger partial charge in [-0.05, 0) is 58.9 Å².